The Labute approximate surface area is 159 Å². The Balaban J connectivity index is 1.71. The van der Waals surface area contributed by atoms with Crippen molar-refractivity contribution in [2.24, 2.45) is 0 Å². The normalized spacial score (nSPS) is 15.7. The van der Waals surface area contributed by atoms with Gasteiger partial charge in [-0.05, 0) is 65.2 Å². The molecule has 1 saturated heterocycles. The van der Waals surface area contributed by atoms with E-state index in [1.54, 1.807) is 24.3 Å². The molecule has 132 valence electrons. The second kappa shape index (κ2) is 7.82. The highest BCUT2D eigenvalue weighted by molar-refractivity contribution is 9.11. The number of hydrogen-bond donors (Lipinski definition) is 1. The number of halogens is 1. The van der Waals surface area contributed by atoms with Crippen molar-refractivity contribution in [2.45, 2.75) is 17.7 Å². The number of anilines is 1. The van der Waals surface area contributed by atoms with Gasteiger partial charge in [0.05, 0.1) is 8.68 Å². The molecule has 0 radical (unpaired) electrons. The van der Waals surface area contributed by atoms with Crippen LogP contribution in [0, 0.1) is 0 Å². The highest BCUT2D eigenvalue weighted by atomic mass is 79.9. The van der Waals surface area contributed by atoms with Crippen LogP contribution in [0.4, 0.5) is 5.69 Å². The van der Waals surface area contributed by atoms with Gasteiger partial charge in [-0.25, -0.2) is 8.42 Å². The molecule has 2 heterocycles. The summed E-state index contributed by atoms with van der Waals surface area (Å²) >= 11 is 4.89. The molecule has 1 aliphatic heterocycles. The Morgan fingerprint density at radius 3 is 2.64 bits per heavy atom. The zero-order chi connectivity index (χ0) is 17.9. The van der Waals surface area contributed by atoms with E-state index in [4.69, 9.17) is 0 Å². The van der Waals surface area contributed by atoms with Gasteiger partial charge in [0.15, 0.2) is 0 Å². The summed E-state index contributed by atoms with van der Waals surface area (Å²) in [5, 5.41) is 2.71. The number of hydrogen-bond acceptors (Lipinski definition) is 4. The molecule has 1 fully saturated rings. The van der Waals surface area contributed by atoms with Gasteiger partial charge in [-0.1, -0.05) is 6.07 Å². The third-order valence-electron chi connectivity index (χ3n) is 3.80. The minimum absolute atomic E-state index is 0.207. The lowest BCUT2D eigenvalue weighted by molar-refractivity contribution is -0.111. The van der Waals surface area contributed by atoms with E-state index in [-0.39, 0.29) is 10.8 Å². The molecule has 1 aromatic heterocycles. The van der Waals surface area contributed by atoms with Gasteiger partial charge in [0.1, 0.15) is 0 Å². The highest BCUT2D eigenvalue weighted by Crippen LogP contribution is 2.24. The Morgan fingerprint density at radius 2 is 1.96 bits per heavy atom. The van der Waals surface area contributed by atoms with Crippen molar-refractivity contribution >= 4 is 55.0 Å². The summed E-state index contributed by atoms with van der Waals surface area (Å²) in [4.78, 5) is 13.2. The van der Waals surface area contributed by atoms with Crippen LogP contribution in [0.25, 0.3) is 6.08 Å². The Bertz CT molecular complexity index is 900. The molecule has 1 amide bonds. The molecule has 8 heteroatoms. The smallest absolute Gasteiger partial charge is 0.248 e. The summed E-state index contributed by atoms with van der Waals surface area (Å²) in [6.07, 6.45) is 4.92. The third kappa shape index (κ3) is 4.58. The van der Waals surface area contributed by atoms with Gasteiger partial charge in [0.25, 0.3) is 0 Å². The Kier molecular flexibility index (Phi) is 5.73. The zero-order valence-corrected chi connectivity index (χ0v) is 16.5. The van der Waals surface area contributed by atoms with Crippen LogP contribution in [0.5, 0.6) is 0 Å². The summed E-state index contributed by atoms with van der Waals surface area (Å²) in [5.74, 6) is -0.305. The molecule has 3 rings (SSSR count). The van der Waals surface area contributed by atoms with Crippen molar-refractivity contribution in [2.75, 3.05) is 18.4 Å². The number of nitrogens with one attached hydrogen (secondary N) is 1. The molecule has 0 aliphatic carbocycles. The molecule has 1 aliphatic rings. The van der Waals surface area contributed by atoms with Crippen molar-refractivity contribution in [3.8, 4) is 0 Å². The van der Waals surface area contributed by atoms with E-state index in [9.17, 15) is 13.2 Å². The minimum atomic E-state index is -3.49. The van der Waals surface area contributed by atoms with Crippen molar-refractivity contribution in [1.82, 2.24) is 4.31 Å². The van der Waals surface area contributed by atoms with Crippen LogP contribution >= 0.6 is 27.3 Å². The fourth-order valence-electron chi connectivity index (χ4n) is 2.57. The van der Waals surface area contributed by atoms with Crippen LogP contribution in [0.15, 0.2) is 51.2 Å². The van der Waals surface area contributed by atoms with Gasteiger partial charge in [-0.2, -0.15) is 4.31 Å². The van der Waals surface area contributed by atoms with Crippen LogP contribution in [-0.4, -0.2) is 31.7 Å². The fourth-order valence-corrected chi connectivity index (χ4v) is 5.46. The molecule has 0 unspecified atom stereocenters. The summed E-state index contributed by atoms with van der Waals surface area (Å²) < 4.78 is 27.6. The first-order valence-corrected chi connectivity index (χ1v) is 10.8. The monoisotopic (exact) mass is 440 g/mol. The standard InChI is InChI=1S/C17H17BrN2O3S2/c18-16-8-6-14(24-16)7-9-17(21)19-13-4-3-5-15(12-13)25(22,23)20-10-1-2-11-20/h3-9,12H,1-2,10-11H2,(H,19,21)/b9-7+. The van der Waals surface area contributed by atoms with Gasteiger partial charge >= 0.3 is 0 Å². The number of carbonyl (C=O) groups excluding carboxylic acids is 1. The molecule has 0 bridgehead atoms. The fraction of sp³-hybridized carbons (Fsp3) is 0.235. The Morgan fingerprint density at radius 1 is 1.20 bits per heavy atom. The molecule has 25 heavy (non-hydrogen) atoms. The lowest BCUT2D eigenvalue weighted by Crippen LogP contribution is -2.27. The van der Waals surface area contributed by atoms with Crippen molar-refractivity contribution in [3.05, 3.63) is 51.1 Å². The van der Waals surface area contributed by atoms with Crippen molar-refractivity contribution in [1.29, 1.82) is 0 Å². The summed E-state index contributed by atoms with van der Waals surface area (Å²) in [5.41, 5.74) is 0.460. The van der Waals surface area contributed by atoms with Crippen LogP contribution in [0.1, 0.15) is 17.7 Å². The molecular formula is C17H17BrN2O3S2. The minimum Gasteiger partial charge on any atom is -0.322 e. The highest BCUT2D eigenvalue weighted by Gasteiger charge is 2.27. The van der Waals surface area contributed by atoms with E-state index < -0.39 is 10.0 Å². The molecule has 1 aromatic carbocycles. The van der Waals surface area contributed by atoms with Crippen LogP contribution in [-0.2, 0) is 14.8 Å². The summed E-state index contributed by atoms with van der Waals surface area (Å²) in [7, 11) is -3.49. The first-order chi connectivity index (χ1) is 11.9. The molecule has 0 saturated carbocycles. The maximum atomic E-state index is 12.6. The van der Waals surface area contributed by atoms with Gasteiger partial charge in [-0.15, -0.1) is 11.3 Å². The lowest BCUT2D eigenvalue weighted by Gasteiger charge is -2.16. The summed E-state index contributed by atoms with van der Waals surface area (Å²) in [6.45, 7) is 1.11. The van der Waals surface area contributed by atoms with E-state index in [0.717, 1.165) is 21.5 Å². The average molecular weight is 441 g/mol. The molecule has 1 N–H and O–H groups in total. The number of nitrogens with zero attached hydrogens (tertiary/aromatic N) is 1. The van der Waals surface area contributed by atoms with Crippen molar-refractivity contribution in [3.63, 3.8) is 0 Å². The molecular weight excluding hydrogens is 424 g/mol. The first-order valence-electron chi connectivity index (χ1n) is 7.80. The lowest BCUT2D eigenvalue weighted by atomic mass is 10.3. The predicted molar refractivity (Wildman–Crippen MR) is 104 cm³/mol. The second-order valence-electron chi connectivity index (χ2n) is 5.60. The van der Waals surface area contributed by atoms with Gasteiger partial charge in [0, 0.05) is 29.7 Å². The number of thiophene rings is 1. The quantitative estimate of drug-likeness (QED) is 0.715. The molecule has 0 spiro atoms. The SMILES string of the molecule is O=C(/C=C/c1ccc(Br)s1)Nc1cccc(S(=O)(=O)N2CCCC2)c1. The Hall–Kier alpha value is -1.48. The van der Waals surface area contributed by atoms with Gasteiger partial charge < -0.3 is 5.32 Å². The summed E-state index contributed by atoms with van der Waals surface area (Å²) in [6, 6.07) is 10.2. The number of benzene rings is 1. The average Bonchev–Trinajstić information content (AvgIpc) is 3.25. The number of rotatable bonds is 5. The third-order valence-corrected chi connectivity index (χ3v) is 7.28. The van der Waals surface area contributed by atoms with Crippen LogP contribution in [0.3, 0.4) is 0 Å². The maximum Gasteiger partial charge on any atom is 0.248 e. The van der Waals surface area contributed by atoms with E-state index in [2.05, 4.69) is 21.2 Å². The molecule has 0 atom stereocenters. The van der Waals surface area contributed by atoms with E-state index in [0.29, 0.717) is 18.8 Å². The molecule has 2 aromatic rings. The second-order valence-corrected chi connectivity index (χ2v) is 10.0. The topological polar surface area (TPSA) is 66.5 Å². The predicted octanol–water partition coefficient (Wildman–Crippen LogP) is 3.95. The van der Waals surface area contributed by atoms with E-state index in [1.807, 2.05) is 12.1 Å². The van der Waals surface area contributed by atoms with Crippen LogP contribution < -0.4 is 5.32 Å². The zero-order valence-electron chi connectivity index (χ0n) is 13.3. The van der Waals surface area contributed by atoms with Gasteiger partial charge in [-0.3, -0.25) is 4.79 Å². The molecule has 5 nitrogen and oxygen atoms in total. The number of amides is 1. The van der Waals surface area contributed by atoms with E-state index >= 15 is 0 Å². The maximum absolute atomic E-state index is 12.6. The number of sulfonamides is 1. The number of carbonyl (C=O) groups is 1. The first kappa shape index (κ1) is 18.3. The van der Waals surface area contributed by atoms with Gasteiger partial charge in [0.2, 0.25) is 15.9 Å². The largest absolute Gasteiger partial charge is 0.322 e. The van der Waals surface area contributed by atoms with E-state index in [1.165, 1.54) is 27.8 Å². The van der Waals surface area contributed by atoms with Crippen molar-refractivity contribution < 1.29 is 13.2 Å². The van der Waals surface area contributed by atoms with Crippen LogP contribution in [0.2, 0.25) is 0 Å².